The van der Waals surface area contributed by atoms with E-state index >= 15 is 0 Å². The number of rotatable bonds is 3. The summed E-state index contributed by atoms with van der Waals surface area (Å²) in [4.78, 5) is 34.8. The summed E-state index contributed by atoms with van der Waals surface area (Å²) in [5, 5.41) is 2.65. The minimum absolute atomic E-state index is 0.259. The molecule has 2 N–H and O–H groups in total. The number of carbonyl (C=O) groups excluding carboxylic acids is 1. The van der Waals surface area contributed by atoms with Gasteiger partial charge in [0, 0.05) is 18.2 Å². The maximum absolute atomic E-state index is 12.3. The van der Waals surface area contributed by atoms with E-state index in [0.717, 1.165) is 18.4 Å². The predicted molar refractivity (Wildman–Crippen MR) is 81.5 cm³/mol. The van der Waals surface area contributed by atoms with Crippen molar-refractivity contribution in [3.05, 3.63) is 50.2 Å². The molecule has 0 atom stereocenters. The van der Waals surface area contributed by atoms with Crippen molar-refractivity contribution < 1.29 is 4.79 Å². The van der Waals surface area contributed by atoms with Crippen molar-refractivity contribution in [2.24, 2.45) is 0 Å². The molecule has 1 aliphatic rings. The highest BCUT2D eigenvalue weighted by Gasteiger charge is 2.28. The molecule has 2 aromatic heterocycles. The first-order valence-electron chi connectivity index (χ1n) is 6.57. The number of halogens is 1. The standard InChI is InChI=1S/C14H13BrN4O2/c1-7-4-10(17-11(20)5-7)18-14(21)12-9(15)6-16-13(19-12)8-2-3-8/h4-6,8H,2-3H2,1H3,(H2,17,18,20,21). The largest absolute Gasteiger partial charge is 0.309 e. The molecule has 0 saturated heterocycles. The average Bonchev–Trinajstić information content (AvgIpc) is 3.22. The van der Waals surface area contributed by atoms with Crippen LogP contribution in [-0.2, 0) is 0 Å². The van der Waals surface area contributed by atoms with Gasteiger partial charge in [-0.15, -0.1) is 0 Å². The summed E-state index contributed by atoms with van der Waals surface area (Å²) in [6.45, 7) is 1.79. The first-order valence-corrected chi connectivity index (χ1v) is 7.37. The van der Waals surface area contributed by atoms with Crippen molar-refractivity contribution in [3.8, 4) is 0 Å². The molecule has 21 heavy (non-hydrogen) atoms. The number of hydrogen-bond acceptors (Lipinski definition) is 4. The lowest BCUT2D eigenvalue weighted by atomic mass is 10.3. The van der Waals surface area contributed by atoms with Gasteiger partial charge < -0.3 is 10.3 Å². The number of carbonyl (C=O) groups is 1. The van der Waals surface area contributed by atoms with Crippen molar-refractivity contribution in [2.75, 3.05) is 5.32 Å². The Morgan fingerprint density at radius 1 is 1.43 bits per heavy atom. The molecule has 0 unspecified atom stereocenters. The van der Waals surface area contributed by atoms with Crippen molar-refractivity contribution in [1.29, 1.82) is 0 Å². The summed E-state index contributed by atoms with van der Waals surface area (Å²) < 4.78 is 0.527. The van der Waals surface area contributed by atoms with Crippen LogP contribution in [0, 0.1) is 6.92 Å². The molecule has 1 fully saturated rings. The van der Waals surface area contributed by atoms with Crippen molar-refractivity contribution in [2.45, 2.75) is 25.7 Å². The van der Waals surface area contributed by atoms with Gasteiger partial charge in [-0.05, 0) is 47.3 Å². The first kappa shape index (κ1) is 13.9. The summed E-state index contributed by atoms with van der Waals surface area (Å²) in [5.74, 6) is 1.03. The van der Waals surface area contributed by atoms with Gasteiger partial charge >= 0.3 is 0 Å². The van der Waals surface area contributed by atoms with Crippen molar-refractivity contribution >= 4 is 27.7 Å². The van der Waals surface area contributed by atoms with Gasteiger partial charge in [0.2, 0.25) is 5.56 Å². The molecule has 0 aromatic carbocycles. The molecule has 7 heteroatoms. The van der Waals surface area contributed by atoms with Gasteiger partial charge in [-0.1, -0.05) is 0 Å². The Kier molecular flexibility index (Phi) is 3.59. The summed E-state index contributed by atoms with van der Waals surface area (Å²) in [5.41, 5.74) is 0.787. The van der Waals surface area contributed by atoms with Gasteiger partial charge in [0.1, 0.15) is 17.3 Å². The molecule has 2 heterocycles. The van der Waals surface area contributed by atoms with Gasteiger partial charge in [-0.25, -0.2) is 9.97 Å². The highest BCUT2D eigenvalue weighted by Crippen LogP contribution is 2.38. The van der Waals surface area contributed by atoms with Crippen LogP contribution >= 0.6 is 15.9 Å². The summed E-state index contributed by atoms with van der Waals surface area (Å²) in [6, 6.07) is 3.15. The fraction of sp³-hybridized carbons (Fsp3) is 0.286. The molecule has 2 aromatic rings. The Balaban J connectivity index is 1.87. The molecular weight excluding hydrogens is 336 g/mol. The molecular formula is C14H13BrN4O2. The molecule has 0 aliphatic heterocycles. The molecule has 108 valence electrons. The zero-order valence-corrected chi connectivity index (χ0v) is 12.9. The van der Waals surface area contributed by atoms with Gasteiger partial charge in [-0.3, -0.25) is 9.59 Å². The topological polar surface area (TPSA) is 87.7 Å². The van der Waals surface area contributed by atoms with E-state index < -0.39 is 0 Å². The number of nitrogens with zero attached hydrogens (tertiary/aromatic N) is 2. The normalized spacial score (nSPS) is 14.0. The summed E-state index contributed by atoms with van der Waals surface area (Å²) in [6.07, 6.45) is 3.72. The number of aromatic nitrogens is 3. The van der Waals surface area contributed by atoms with Crippen LogP contribution in [0.4, 0.5) is 5.82 Å². The highest BCUT2D eigenvalue weighted by atomic mass is 79.9. The zero-order valence-electron chi connectivity index (χ0n) is 11.3. The second-order valence-electron chi connectivity index (χ2n) is 5.09. The van der Waals surface area contributed by atoms with Crippen LogP contribution in [0.25, 0.3) is 0 Å². The fourth-order valence-corrected chi connectivity index (χ4v) is 2.38. The molecule has 0 spiro atoms. The van der Waals surface area contributed by atoms with E-state index in [9.17, 15) is 9.59 Å². The van der Waals surface area contributed by atoms with E-state index in [1.807, 2.05) is 0 Å². The maximum atomic E-state index is 12.3. The third kappa shape index (κ3) is 3.18. The second kappa shape index (κ2) is 5.40. The smallest absolute Gasteiger partial charge is 0.276 e. The molecule has 1 saturated carbocycles. The van der Waals surface area contributed by atoms with Crippen LogP contribution in [0.15, 0.2) is 27.6 Å². The molecule has 0 radical (unpaired) electrons. The summed E-state index contributed by atoms with van der Waals surface area (Å²) in [7, 11) is 0. The van der Waals surface area contributed by atoms with E-state index in [1.54, 1.807) is 19.2 Å². The molecule has 1 amide bonds. The number of hydrogen-bond donors (Lipinski definition) is 2. The van der Waals surface area contributed by atoms with Crippen LogP contribution in [0.5, 0.6) is 0 Å². The molecule has 3 rings (SSSR count). The van der Waals surface area contributed by atoms with Gasteiger partial charge in [-0.2, -0.15) is 0 Å². The Bertz CT molecular complexity index is 768. The Morgan fingerprint density at radius 2 is 2.19 bits per heavy atom. The monoisotopic (exact) mass is 348 g/mol. The van der Waals surface area contributed by atoms with Crippen LogP contribution in [-0.4, -0.2) is 20.9 Å². The quantitative estimate of drug-likeness (QED) is 0.891. The minimum atomic E-state index is -0.382. The van der Waals surface area contributed by atoms with Crippen molar-refractivity contribution in [3.63, 3.8) is 0 Å². The number of aryl methyl sites for hydroxylation is 1. The highest BCUT2D eigenvalue weighted by molar-refractivity contribution is 9.10. The SMILES string of the molecule is Cc1cc(NC(=O)c2nc(C3CC3)ncc2Br)[nH]c(=O)c1. The minimum Gasteiger partial charge on any atom is -0.309 e. The number of anilines is 1. The van der Waals surface area contributed by atoms with E-state index in [4.69, 9.17) is 0 Å². The number of aromatic amines is 1. The van der Waals surface area contributed by atoms with E-state index in [1.165, 1.54) is 6.07 Å². The van der Waals surface area contributed by atoms with E-state index in [0.29, 0.717) is 22.0 Å². The average molecular weight is 349 g/mol. The lowest BCUT2D eigenvalue weighted by Crippen LogP contribution is -2.19. The number of amides is 1. The lowest BCUT2D eigenvalue weighted by molar-refractivity contribution is 0.102. The third-order valence-electron chi connectivity index (χ3n) is 3.16. The van der Waals surface area contributed by atoms with Gasteiger partial charge in [0.05, 0.1) is 4.47 Å². The molecule has 6 nitrogen and oxygen atoms in total. The molecule has 0 bridgehead atoms. The van der Waals surface area contributed by atoms with Crippen molar-refractivity contribution in [1.82, 2.24) is 15.0 Å². The van der Waals surface area contributed by atoms with Gasteiger partial charge in [0.25, 0.3) is 5.91 Å². The molecule has 1 aliphatic carbocycles. The first-order chi connectivity index (χ1) is 10.0. The van der Waals surface area contributed by atoms with Crippen LogP contribution in [0.2, 0.25) is 0 Å². The number of nitrogens with one attached hydrogen (secondary N) is 2. The fourth-order valence-electron chi connectivity index (χ4n) is 2.01. The Hall–Kier alpha value is -2.02. The van der Waals surface area contributed by atoms with Crippen LogP contribution < -0.4 is 10.9 Å². The van der Waals surface area contributed by atoms with Gasteiger partial charge in [0.15, 0.2) is 0 Å². The van der Waals surface area contributed by atoms with Crippen LogP contribution in [0.1, 0.15) is 40.6 Å². The third-order valence-corrected chi connectivity index (χ3v) is 3.74. The Labute approximate surface area is 129 Å². The Morgan fingerprint density at radius 3 is 2.86 bits per heavy atom. The van der Waals surface area contributed by atoms with E-state index in [2.05, 4.69) is 36.2 Å². The number of H-pyrrole nitrogens is 1. The van der Waals surface area contributed by atoms with E-state index in [-0.39, 0.29) is 17.2 Å². The number of pyridine rings is 1. The predicted octanol–water partition coefficient (Wildman–Crippen LogP) is 2.37. The second-order valence-corrected chi connectivity index (χ2v) is 5.94. The van der Waals surface area contributed by atoms with Crippen LogP contribution in [0.3, 0.4) is 0 Å². The zero-order chi connectivity index (χ0) is 15.0. The lowest BCUT2D eigenvalue weighted by Gasteiger charge is -2.07. The maximum Gasteiger partial charge on any atom is 0.276 e. The summed E-state index contributed by atoms with van der Waals surface area (Å²) >= 11 is 3.29.